The van der Waals surface area contributed by atoms with Gasteiger partial charge in [0, 0.05) is 20.2 Å². The number of hydrogen-bond donors (Lipinski definition) is 1. The number of amides is 1. The fourth-order valence-corrected chi connectivity index (χ4v) is 0.840. The number of hydrogen-bond acceptors (Lipinski definition) is 3. The van der Waals surface area contributed by atoms with Crippen molar-refractivity contribution >= 4 is 18.7 Å². The minimum atomic E-state index is -1.16. The highest BCUT2D eigenvalue weighted by atomic mass is 79.9. The van der Waals surface area contributed by atoms with Crippen molar-refractivity contribution in [1.29, 1.82) is 0 Å². The Balaban J connectivity index is 0. The fourth-order valence-electron chi connectivity index (χ4n) is 0.572. The Kier molecular flexibility index (Phi) is 9.50. The summed E-state index contributed by atoms with van der Waals surface area (Å²) in [5.74, 6) is 0. The Labute approximate surface area is 106 Å². The van der Waals surface area contributed by atoms with Crippen LogP contribution < -0.4 is 26.7 Å². The molecule has 0 saturated heterocycles. The molecule has 0 aliphatic heterocycles. The van der Waals surface area contributed by atoms with E-state index in [1.807, 2.05) is 36.1 Å². The quantitative estimate of drug-likeness (QED) is 0.402. The van der Waals surface area contributed by atoms with Gasteiger partial charge in [0.1, 0.15) is 13.1 Å². The lowest BCUT2D eigenvalue weighted by Gasteiger charge is -2.10. The number of nitrogens with zero attached hydrogens (tertiary/aromatic N) is 2. The maximum atomic E-state index is 9.51. The topological polar surface area (TPSA) is 47.3 Å². The predicted octanol–water partition coefficient (Wildman–Crippen LogP) is -3.30. The smallest absolute Gasteiger partial charge is 0.181 e. The standard InChI is InChI=1S/C6H7NS.C3H7NO2.BrH/c1-7-4-2-3-6(8)5-7;1-4(2)3(5)6;/h2-5H,1H3;1-2H3,(H,5,6);1H/p-1. The lowest BCUT2D eigenvalue weighted by atomic mass is 10.5. The molecule has 0 bridgehead atoms. The van der Waals surface area contributed by atoms with E-state index >= 15 is 0 Å². The van der Waals surface area contributed by atoms with Gasteiger partial charge >= 0.3 is 0 Å². The van der Waals surface area contributed by atoms with Gasteiger partial charge in [-0.15, -0.1) is 12.6 Å². The summed E-state index contributed by atoms with van der Waals surface area (Å²) in [6.07, 6.45) is 2.76. The first-order valence-electron chi connectivity index (χ1n) is 3.96. The van der Waals surface area contributed by atoms with Crippen LogP contribution in [0.25, 0.3) is 0 Å². The van der Waals surface area contributed by atoms with Gasteiger partial charge in [-0.3, -0.25) is 0 Å². The van der Waals surface area contributed by atoms with Crippen LogP contribution in [-0.2, 0) is 7.05 Å². The molecule has 86 valence electrons. The highest BCUT2D eigenvalue weighted by Crippen LogP contribution is 1.96. The first-order valence-corrected chi connectivity index (χ1v) is 4.40. The van der Waals surface area contributed by atoms with E-state index in [-0.39, 0.29) is 17.0 Å². The van der Waals surface area contributed by atoms with Gasteiger partial charge in [0.05, 0.1) is 4.90 Å². The number of carboxylic acid groups (broad SMARTS) is 1. The zero-order valence-electron chi connectivity index (χ0n) is 8.85. The molecule has 1 heterocycles. The van der Waals surface area contributed by atoms with Gasteiger partial charge in [-0.05, 0) is 6.07 Å². The summed E-state index contributed by atoms with van der Waals surface area (Å²) in [4.78, 5) is 11.5. The molecule has 0 aliphatic carbocycles. The molecule has 0 saturated carbocycles. The first kappa shape index (κ1) is 16.7. The maximum absolute atomic E-state index is 9.51. The van der Waals surface area contributed by atoms with Crippen molar-refractivity contribution in [3.05, 3.63) is 24.5 Å². The van der Waals surface area contributed by atoms with E-state index < -0.39 is 6.09 Å². The van der Waals surface area contributed by atoms with Gasteiger partial charge in [-0.2, -0.15) is 0 Å². The SMILES string of the molecule is CN(C)C(=O)[O-].C[n+]1cccc(S)c1.[Br-]. The number of carbonyl (C=O) groups excluding carboxylic acids is 1. The van der Waals surface area contributed by atoms with E-state index in [0.29, 0.717) is 0 Å². The van der Waals surface area contributed by atoms with Crippen LogP contribution >= 0.6 is 12.6 Å². The Morgan fingerprint density at radius 1 is 1.53 bits per heavy atom. The molecule has 0 N–H and O–H groups in total. The Bertz CT molecular complexity index is 291. The number of pyridine rings is 1. The molecule has 0 aliphatic rings. The van der Waals surface area contributed by atoms with E-state index in [0.717, 1.165) is 9.80 Å². The van der Waals surface area contributed by atoms with Crippen molar-refractivity contribution in [3.63, 3.8) is 0 Å². The molecule has 0 atom stereocenters. The highest BCUT2D eigenvalue weighted by molar-refractivity contribution is 7.80. The molecule has 1 rings (SSSR count). The van der Waals surface area contributed by atoms with Crippen LogP contribution in [0.2, 0.25) is 0 Å². The van der Waals surface area contributed by atoms with E-state index in [2.05, 4.69) is 12.6 Å². The van der Waals surface area contributed by atoms with Gasteiger partial charge in [0.15, 0.2) is 12.4 Å². The van der Waals surface area contributed by atoms with Gasteiger partial charge < -0.3 is 31.8 Å². The zero-order chi connectivity index (χ0) is 11.1. The Morgan fingerprint density at radius 3 is 2.20 bits per heavy atom. The van der Waals surface area contributed by atoms with Crippen LogP contribution in [0.15, 0.2) is 29.4 Å². The molecule has 0 radical (unpaired) electrons. The lowest BCUT2D eigenvalue weighted by molar-refractivity contribution is -0.673. The maximum Gasteiger partial charge on any atom is 0.181 e. The van der Waals surface area contributed by atoms with Gasteiger partial charge in [0.2, 0.25) is 0 Å². The van der Waals surface area contributed by atoms with Crippen molar-refractivity contribution in [2.45, 2.75) is 4.90 Å². The van der Waals surface area contributed by atoms with Crippen LogP contribution in [0.5, 0.6) is 0 Å². The summed E-state index contributed by atoms with van der Waals surface area (Å²) in [6, 6.07) is 3.91. The first-order chi connectivity index (χ1) is 6.43. The monoisotopic (exact) mass is 293 g/mol. The van der Waals surface area contributed by atoms with Gasteiger partial charge in [0.25, 0.3) is 0 Å². The third-order valence-electron chi connectivity index (χ3n) is 1.29. The normalized spacial score (nSPS) is 8.00. The molecule has 0 fully saturated rings. The summed E-state index contributed by atoms with van der Waals surface area (Å²) in [7, 11) is 4.80. The molecular formula is C9H14BrN2O2S-. The van der Waals surface area contributed by atoms with Crippen LogP contribution in [0.3, 0.4) is 0 Å². The molecule has 1 amide bonds. The van der Waals surface area contributed by atoms with E-state index in [4.69, 9.17) is 0 Å². The summed E-state index contributed by atoms with van der Waals surface area (Å²) < 4.78 is 1.96. The van der Waals surface area contributed by atoms with Crippen molar-refractivity contribution in [3.8, 4) is 0 Å². The van der Waals surface area contributed by atoms with Gasteiger partial charge in [-0.1, -0.05) is 0 Å². The van der Waals surface area contributed by atoms with Crippen LogP contribution in [0, 0.1) is 0 Å². The van der Waals surface area contributed by atoms with Crippen LogP contribution in [-0.4, -0.2) is 25.1 Å². The lowest BCUT2D eigenvalue weighted by Crippen LogP contribution is -3.00. The molecule has 1 aromatic rings. The molecular weight excluding hydrogens is 280 g/mol. The van der Waals surface area contributed by atoms with Crippen molar-refractivity contribution < 1.29 is 31.4 Å². The summed E-state index contributed by atoms with van der Waals surface area (Å²) in [5, 5.41) is 9.51. The van der Waals surface area contributed by atoms with Crippen molar-refractivity contribution in [2.75, 3.05) is 14.1 Å². The van der Waals surface area contributed by atoms with Gasteiger partial charge in [-0.25, -0.2) is 4.57 Å². The average molecular weight is 294 g/mol. The molecule has 6 heteroatoms. The van der Waals surface area contributed by atoms with Crippen LogP contribution in [0.1, 0.15) is 0 Å². The van der Waals surface area contributed by atoms with E-state index in [1.54, 1.807) is 0 Å². The second-order valence-corrected chi connectivity index (χ2v) is 3.40. The summed E-state index contributed by atoms with van der Waals surface area (Å²) in [6.45, 7) is 0. The van der Waals surface area contributed by atoms with E-state index in [9.17, 15) is 9.90 Å². The number of thiol groups is 1. The largest absolute Gasteiger partial charge is 1.00 e. The number of aryl methyl sites for hydroxylation is 1. The molecule has 15 heavy (non-hydrogen) atoms. The molecule has 1 aromatic heterocycles. The molecule has 4 nitrogen and oxygen atoms in total. The second-order valence-electron chi connectivity index (χ2n) is 2.89. The average Bonchev–Trinajstić information content (AvgIpc) is 2.04. The Hall–Kier alpha value is -0.750. The van der Waals surface area contributed by atoms with Crippen molar-refractivity contribution in [2.24, 2.45) is 7.05 Å². The third kappa shape index (κ3) is 9.55. The predicted molar refractivity (Wildman–Crippen MR) is 54.0 cm³/mol. The third-order valence-corrected chi connectivity index (χ3v) is 1.55. The molecule has 0 spiro atoms. The number of aromatic nitrogens is 1. The summed E-state index contributed by atoms with van der Waals surface area (Å²) in [5.41, 5.74) is 0. The number of rotatable bonds is 0. The second kappa shape index (κ2) is 8.55. The van der Waals surface area contributed by atoms with Crippen LogP contribution in [0.4, 0.5) is 4.79 Å². The number of halogens is 1. The highest BCUT2D eigenvalue weighted by Gasteiger charge is 1.88. The number of carbonyl (C=O) groups is 1. The van der Waals surface area contributed by atoms with E-state index in [1.165, 1.54) is 14.1 Å². The molecule has 0 aromatic carbocycles. The molecule has 0 unspecified atom stereocenters. The van der Waals surface area contributed by atoms with Crippen molar-refractivity contribution in [1.82, 2.24) is 4.90 Å². The fraction of sp³-hybridized carbons (Fsp3) is 0.333. The Morgan fingerprint density at radius 2 is 2.00 bits per heavy atom. The minimum absolute atomic E-state index is 0. The minimum Gasteiger partial charge on any atom is -1.00 e. The summed E-state index contributed by atoms with van der Waals surface area (Å²) >= 11 is 4.13. The zero-order valence-corrected chi connectivity index (χ0v) is 11.3.